The molecule has 1 N–H and O–H groups in total. The second-order valence-electron chi connectivity index (χ2n) is 7.18. The molecule has 5 rings (SSSR count). The molecule has 170 valence electrons. The van der Waals surface area contributed by atoms with Gasteiger partial charge in [0, 0.05) is 21.5 Å². The van der Waals surface area contributed by atoms with E-state index in [9.17, 15) is 9.59 Å². The van der Waals surface area contributed by atoms with Crippen molar-refractivity contribution in [2.24, 2.45) is 0 Å². The zero-order valence-corrected chi connectivity index (χ0v) is 19.7. The summed E-state index contributed by atoms with van der Waals surface area (Å²) >= 11 is 9.64. The third kappa shape index (κ3) is 4.37. The lowest BCUT2D eigenvalue weighted by Gasteiger charge is -2.08. The monoisotopic (exact) mass is 539 g/mol. The first-order valence-corrected chi connectivity index (χ1v) is 11.3. The first-order valence-electron chi connectivity index (χ1n) is 10.1. The molecule has 9 nitrogen and oxygen atoms in total. The predicted molar refractivity (Wildman–Crippen MR) is 129 cm³/mol. The molecule has 1 amide bonds. The zero-order valence-electron chi connectivity index (χ0n) is 17.4. The van der Waals surface area contributed by atoms with Gasteiger partial charge in [0.05, 0.1) is 11.6 Å². The van der Waals surface area contributed by atoms with Crippen molar-refractivity contribution in [3.05, 3.63) is 86.1 Å². The van der Waals surface area contributed by atoms with Crippen LogP contribution in [0.2, 0.25) is 5.02 Å². The van der Waals surface area contributed by atoms with Gasteiger partial charge in [-0.1, -0.05) is 39.7 Å². The lowest BCUT2D eigenvalue weighted by molar-refractivity contribution is 0.0943. The fourth-order valence-corrected chi connectivity index (χ4v) is 3.93. The van der Waals surface area contributed by atoms with E-state index >= 15 is 0 Å². The Bertz CT molecular complexity index is 1600. The molecular formula is C23H15BrClN5O4. The number of carbonyl (C=O) groups is 1. The molecule has 11 heteroatoms. The van der Waals surface area contributed by atoms with Crippen LogP contribution in [0, 0.1) is 0 Å². The molecule has 3 aromatic heterocycles. The average Bonchev–Trinajstić information content (AvgIpc) is 3.25. The highest BCUT2D eigenvalue weighted by Gasteiger charge is 2.15. The standard InChI is InChI=1S/C23H15BrClN5O4/c24-14-5-6-18-13(11-14)12-16(23(32)34-18)22(31)26-9-10-33-20-8-7-19-27-28-21(30(19)29-20)15-3-1-2-4-17(15)25/h1-8,11-12H,9-10H2,(H,26,31). The third-order valence-electron chi connectivity index (χ3n) is 4.93. The summed E-state index contributed by atoms with van der Waals surface area (Å²) < 4.78 is 13.2. The quantitative estimate of drug-likeness (QED) is 0.255. The molecule has 3 heterocycles. The Morgan fingerprint density at radius 2 is 1.97 bits per heavy atom. The van der Waals surface area contributed by atoms with Crippen LogP contribution in [0.15, 0.2) is 74.3 Å². The predicted octanol–water partition coefficient (Wildman–Crippen LogP) is 4.12. The van der Waals surface area contributed by atoms with Crippen molar-refractivity contribution in [1.29, 1.82) is 0 Å². The van der Waals surface area contributed by atoms with E-state index in [1.807, 2.05) is 18.2 Å². The van der Waals surface area contributed by atoms with Crippen LogP contribution < -0.4 is 15.7 Å². The Balaban J connectivity index is 1.26. The zero-order chi connectivity index (χ0) is 23.7. The molecule has 34 heavy (non-hydrogen) atoms. The van der Waals surface area contributed by atoms with Gasteiger partial charge in [-0.25, -0.2) is 4.79 Å². The fraction of sp³-hybridized carbons (Fsp3) is 0.0870. The number of amides is 1. The van der Waals surface area contributed by atoms with Crippen LogP contribution >= 0.6 is 27.5 Å². The fourth-order valence-electron chi connectivity index (χ4n) is 3.33. The van der Waals surface area contributed by atoms with Gasteiger partial charge in [-0.15, -0.1) is 15.3 Å². The van der Waals surface area contributed by atoms with Gasteiger partial charge in [0.25, 0.3) is 5.91 Å². The van der Waals surface area contributed by atoms with Crippen molar-refractivity contribution in [2.45, 2.75) is 0 Å². The summed E-state index contributed by atoms with van der Waals surface area (Å²) in [4.78, 5) is 24.7. The van der Waals surface area contributed by atoms with Gasteiger partial charge in [-0.3, -0.25) is 4.79 Å². The smallest absolute Gasteiger partial charge is 0.349 e. The molecule has 0 aliphatic carbocycles. The van der Waals surface area contributed by atoms with Gasteiger partial charge in [0.1, 0.15) is 17.8 Å². The second kappa shape index (κ2) is 9.24. The Morgan fingerprint density at radius 1 is 1.12 bits per heavy atom. The first-order chi connectivity index (χ1) is 16.5. The van der Waals surface area contributed by atoms with Gasteiger partial charge < -0.3 is 14.5 Å². The number of fused-ring (bicyclic) bond motifs is 2. The number of nitrogens with zero attached hydrogens (tertiary/aromatic N) is 4. The van der Waals surface area contributed by atoms with Gasteiger partial charge in [0.15, 0.2) is 11.5 Å². The number of carbonyl (C=O) groups excluding carboxylic acids is 1. The highest BCUT2D eigenvalue weighted by molar-refractivity contribution is 9.10. The minimum atomic E-state index is -0.708. The number of benzene rings is 2. The molecule has 0 saturated carbocycles. The Kier molecular flexibility index (Phi) is 5.99. The summed E-state index contributed by atoms with van der Waals surface area (Å²) in [5, 5.41) is 16.5. The maximum atomic E-state index is 12.5. The van der Waals surface area contributed by atoms with Crippen molar-refractivity contribution in [1.82, 2.24) is 25.1 Å². The summed E-state index contributed by atoms with van der Waals surface area (Å²) in [5.74, 6) is 0.237. The third-order valence-corrected chi connectivity index (χ3v) is 5.75. The molecule has 0 saturated heterocycles. The molecule has 0 atom stereocenters. The number of rotatable bonds is 6. The lowest BCUT2D eigenvalue weighted by atomic mass is 10.2. The van der Waals surface area contributed by atoms with Crippen molar-refractivity contribution in [2.75, 3.05) is 13.2 Å². The van der Waals surface area contributed by atoms with E-state index in [4.69, 9.17) is 20.8 Å². The van der Waals surface area contributed by atoms with Crippen LogP contribution in [0.5, 0.6) is 5.88 Å². The molecule has 0 radical (unpaired) electrons. The molecule has 5 aromatic rings. The minimum absolute atomic E-state index is 0.0842. The Hall–Kier alpha value is -3.76. The van der Waals surface area contributed by atoms with E-state index < -0.39 is 11.5 Å². The summed E-state index contributed by atoms with van der Waals surface area (Å²) in [5.41, 5.74) is 0.832. The van der Waals surface area contributed by atoms with Crippen molar-refractivity contribution < 1.29 is 13.9 Å². The van der Waals surface area contributed by atoms with Crippen LogP contribution in [-0.2, 0) is 0 Å². The molecular weight excluding hydrogens is 526 g/mol. The highest BCUT2D eigenvalue weighted by atomic mass is 79.9. The number of hydrogen-bond acceptors (Lipinski definition) is 7. The van der Waals surface area contributed by atoms with Crippen molar-refractivity contribution in [3.8, 4) is 17.3 Å². The molecule has 0 spiro atoms. The van der Waals surface area contributed by atoms with Crippen LogP contribution in [0.4, 0.5) is 0 Å². The van der Waals surface area contributed by atoms with Gasteiger partial charge in [-0.05, 0) is 42.5 Å². The van der Waals surface area contributed by atoms with Crippen molar-refractivity contribution in [3.63, 3.8) is 0 Å². The SMILES string of the molecule is O=C(NCCOc1ccc2nnc(-c3ccccc3Cl)n2n1)c1cc2cc(Br)ccc2oc1=O. The number of nitrogens with one attached hydrogen (secondary N) is 1. The van der Waals surface area contributed by atoms with Crippen molar-refractivity contribution >= 4 is 50.1 Å². The maximum Gasteiger partial charge on any atom is 0.349 e. The van der Waals surface area contributed by atoms with E-state index in [2.05, 4.69) is 36.5 Å². The largest absolute Gasteiger partial charge is 0.475 e. The summed E-state index contributed by atoms with van der Waals surface area (Å²) in [7, 11) is 0. The number of hydrogen-bond donors (Lipinski definition) is 1. The van der Waals surface area contributed by atoms with Crippen LogP contribution in [0.25, 0.3) is 28.0 Å². The van der Waals surface area contributed by atoms with E-state index in [1.54, 1.807) is 36.4 Å². The van der Waals surface area contributed by atoms with E-state index in [-0.39, 0.29) is 18.7 Å². The maximum absolute atomic E-state index is 12.5. The molecule has 2 aromatic carbocycles. The van der Waals surface area contributed by atoms with E-state index in [0.29, 0.717) is 38.9 Å². The summed E-state index contributed by atoms with van der Waals surface area (Å²) in [6.45, 7) is 0.270. The highest BCUT2D eigenvalue weighted by Crippen LogP contribution is 2.26. The van der Waals surface area contributed by atoms with Gasteiger partial charge in [-0.2, -0.15) is 4.52 Å². The lowest BCUT2D eigenvalue weighted by Crippen LogP contribution is -2.31. The van der Waals surface area contributed by atoms with E-state index in [0.717, 1.165) is 4.47 Å². The topological polar surface area (TPSA) is 112 Å². The number of aromatic nitrogens is 4. The molecule has 0 bridgehead atoms. The Morgan fingerprint density at radius 3 is 2.82 bits per heavy atom. The van der Waals surface area contributed by atoms with Gasteiger partial charge in [0.2, 0.25) is 5.88 Å². The molecule has 0 aliphatic rings. The molecule has 0 unspecified atom stereocenters. The average molecular weight is 541 g/mol. The minimum Gasteiger partial charge on any atom is -0.475 e. The summed E-state index contributed by atoms with van der Waals surface area (Å²) in [6.07, 6.45) is 0. The van der Waals surface area contributed by atoms with Gasteiger partial charge >= 0.3 is 5.63 Å². The van der Waals surface area contributed by atoms with E-state index in [1.165, 1.54) is 10.6 Å². The first kappa shape index (κ1) is 22.1. The van der Waals surface area contributed by atoms with Crippen LogP contribution in [-0.4, -0.2) is 38.9 Å². The molecule has 0 fully saturated rings. The Labute approximate surface area is 205 Å². The van der Waals surface area contributed by atoms with Crippen LogP contribution in [0.1, 0.15) is 10.4 Å². The normalized spacial score (nSPS) is 11.1. The van der Waals surface area contributed by atoms with Crippen LogP contribution in [0.3, 0.4) is 0 Å². The summed E-state index contributed by atoms with van der Waals surface area (Å²) in [6, 6.07) is 17.3. The number of halogens is 2. The number of ether oxygens (including phenoxy) is 1. The molecule has 0 aliphatic heterocycles. The second-order valence-corrected chi connectivity index (χ2v) is 8.50.